The third-order valence-electron chi connectivity index (χ3n) is 2.83. The van der Waals surface area contributed by atoms with E-state index in [1.807, 2.05) is 0 Å². The van der Waals surface area contributed by atoms with E-state index in [1.54, 1.807) is 0 Å². The molecule has 0 spiro atoms. The first-order chi connectivity index (χ1) is 8.80. The Morgan fingerprint density at radius 2 is 2.21 bits per heavy atom. The number of nitrogens with two attached hydrogens (primary N) is 1. The van der Waals surface area contributed by atoms with Crippen LogP contribution in [0.5, 0.6) is 0 Å². The SMILES string of the molecule is NS(=O)(=O)C1CC(=O)N(c2ncccc2C(=O)O)C1. The van der Waals surface area contributed by atoms with Gasteiger partial charge < -0.3 is 5.11 Å². The molecule has 8 nitrogen and oxygen atoms in total. The smallest absolute Gasteiger partial charge is 0.339 e. The van der Waals surface area contributed by atoms with Gasteiger partial charge in [0.05, 0.1) is 0 Å². The summed E-state index contributed by atoms with van der Waals surface area (Å²) < 4.78 is 22.5. The van der Waals surface area contributed by atoms with Crippen molar-refractivity contribution in [1.82, 2.24) is 4.98 Å². The van der Waals surface area contributed by atoms with E-state index in [1.165, 1.54) is 18.3 Å². The quantitative estimate of drug-likeness (QED) is 0.745. The predicted molar refractivity (Wildman–Crippen MR) is 65.1 cm³/mol. The molecule has 102 valence electrons. The van der Waals surface area contributed by atoms with Crippen molar-refractivity contribution >= 4 is 27.7 Å². The van der Waals surface area contributed by atoms with Crippen LogP contribution in [-0.4, -0.2) is 42.2 Å². The van der Waals surface area contributed by atoms with E-state index in [2.05, 4.69) is 4.98 Å². The van der Waals surface area contributed by atoms with Crippen molar-refractivity contribution in [3.05, 3.63) is 23.9 Å². The second-order valence-electron chi connectivity index (χ2n) is 4.10. The highest BCUT2D eigenvalue weighted by Gasteiger charge is 2.39. The maximum absolute atomic E-state index is 11.8. The molecule has 1 atom stereocenters. The molecule has 2 rings (SSSR count). The van der Waals surface area contributed by atoms with Gasteiger partial charge in [0.25, 0.3) is 0 Å². The van der Waals surface area contributed by atoms with Crippen LogP contribution in [0.15, 0.2) is 18.3 Å². The van der Waals surface area contributed by atoms with Gasteiger partial charge in [0.2, 0.25) is 15.9 Å². The van der Waals surface area contributed by atoms with Crippen LogP contribution in [0.4, 0.5) is 5.82 Å². The van der Waals surface area contributed by atoms with E-state index in [0.29, 0.717) is 0 Å². The van der Waals surface area contributed by atoms with E-state index in [-0.39, 0.29) is 24.3 Å². The number of carbonyl (C=O) groups excluding carboxylic acids is 1. The van der Waals surface area contributed by atoms with Crippen LogP contribution in [0.3, 0.4) is 0 Å². The van der Waals surface area contributed by atoms with E-state index in [9.17, 15) is 18.0 Å². The number of carboxylic acids is 1. The zero-order valence-corrected chi connectivity index (χ0v) is 10.5. The van der Waals surface area contributed by atoms with Crippen molar-refractivity contribution in [2.75, 3.05) is 11.4 Å². The fourth-order valence-electron chi connectivity index (χ4n) is 1.88. The molecule has 1 aromatic heterocycles. The molecular formula is C10H11N3O5S. The fraction of sp³-hybridized carbons (Fsp3) is 0.300. The van der Waals surface area contributed by atoms with Crippen molar-refractivity contribution in [3.63, 3.8) is 0 Å². The Morgan fingerprint density at radius 3 is 2.74 bits per heavy atom. The molecular weight excluding hydrogens is 274 g/mol. The standard InChI is InChI=1S/C10H11N3O5S/c11-19(17,18)6-4-8(14)13(5-6)9-7(10(15)16)2-1-3-12-9/h1-3,6H,4-5H2,(H,15,16)(H2,11,17,18). The molecule has 0 aliphatic carbocycles. The van der Waals surface area contributed by atoms with Crippen LogP contribution < -0.4 is 10.0 Å². The maximum Gasteiger partial charge on any atom is 0.339 e. The van der Waals surface area contributed by atoms with Crippen LogP contribution >= 0.6 is 0 Å². The highest BCUT2D eigenvalue weighted by atomic mass is 32.2. The average Bonchev–Trinajstić information content (AvgIpc) is 2.71. The number of carboxylic acid groups (broad SMARTS) is 1. The Labute approximate surface area is 108 Å². The number of carbonyl (C=O) groups is 2. The number of hydrogen-bond donors (Lipinski definition) is 2. The molecule has 9 heteroatoms. The lowest BCUT2D eigenvalue weighted by molar-refractivity contribution is -0.117. The largest absolute Gasteiger partial charge is 0.478 e. The van der Waals surface area contributed by atoms with Crippen LogP contribution in [0.2, 0.25) is 0 Å². The van der Waals surface area contributed by atoms with Gasteiger partial charge in [0.15, 0.2) is 0 Å². The lowest BCUT2D eigenvalue weighted by Crippen LogP contribution is -2.33. The van der Waals surface area contributed by atoms with Crippen molar-refractivity contribution in [2.24, 2.45) is 5.14 Å². The summed E-state index contributed by atoms with van der Waals surface area (Å²) in [5.74, 6) is -1.82. The minimum atomic E-state index is -3.85. The normalized spacial score (nSPS) is 19.7. The monoisotopic (exact) mass is 285 g/mol. The molecule has 1 amide bonds. The highest BCUT2D eigenvalue weighted by Crippen LogP contribution is 2.25. The first kappa shape index (κ1) is 13.4. The molecule has 0 saturated carbocycles. The number of primary sulfonamides is 1. The van der Waals surface area contributed by atoms with E-state index >= 15 is 0 Å². The molecule has 1 unspecified atom stereocenters. The molecule has 2 heterocycles. The molecule has 1 fully saturated rings. The molecule has 0 aromatic carbocycles. The number of hydrogen-bond acceptors (Lipinski definition) is 5. The Hall–Kier alpha value is -2.00. The molecule has 0 bridgehead atoms. The molecule has 19 heavy (non-hydrogen) atoms. The molecule has 1 aliphatic heterocycles. The van der Waals surface area contributed by atoms with Gasteiger partial charge >= 0.3 is 5.97 Å². The second kappa shape index (κ2) is 4.59. The van der Waals surface area contributed by atoms with Crippen LogP contribution in [0.1, 0.15) is 16.8 Å². The zero-order valence-electron chi connectivity index (χ0n) is 9.68. The summed E-state index contributed by atoms with van der Waals surface area (Å²) in [5, 5.41) is 13.0. The summed E-state index contributed by atoms with van der Waals surface area (Å²) in [6.07, 6.45) is 1.06. The van der Waals surface area contributed by atoms with Crippen LogP contribution in [0, 0.1) is 0 Å². The van der Waals surface area contributed by atoms with Crippen molar-refractivity contribution in [3.8, 4) is 0 Å². The van der Waals surface area contributed by atoms with Gasteiger partial charge in [0.1, 0.15) is 16.6 Å². The van der Waals surface area contributed by atoms with Crippen molar-refractivity contribution in [1.29, 1.82) is 0 Å². The third kappa shape index (κ3) is 2.56. The summed E-state index contributed by atoms with van der Waals surface area (Å²) in [5.41, 5.74) is -0.161. The summed E-state index contributed by atoms with van der Waals surface area (Å²) in [7, 11) is -3.85. The Kier molecular flexibility index (Phi) is 3.25. The molecule has 1 aliphatic rings. The Bertz CT molecular complexity index is 642. The number of pyridine rings is 1. The Morgan fingerprint density at radius 1 is 1.53 bits per heavy atom. The number of aromatic nitrogens is 1. The molecule has 1 saturated heterocycles. The van der Waals surface area contributed by atoms with Gasteiger partial charge in [-0.25, -0.2) is 23.3 Å². The summed E-state index contributed by atoms with van der Waals surface area (Å²) in [6, 6.07) is 2.72. The average molecular weight is 285 g/mol. The van der Waals surface area contributed by atoms with Gasteiger partial charge in [-0.1, -0.05) is 0 Å². The highest BCUT2D eigenvalue weighted by molar-refractivity contribution is 7.89. The van der Waals surface area contributed by atoms with Crippen LogP contribution in [-0.2, 0) is 14.8 Å². The van der Waals surface area contributed by atoms with Crippen LogP contribution in [0.25, 0.3) is 0 Å². The fourth-order valence-corrected chi connectivity index (χ4v) is 2.61. The molecule has 0 radical (unpaired) electrons. The minimum Gasteiger partial charge on any atom is -0.478 e. The number of sulfonamides is 1. The molecule has 1 aromatic rings. The predicted octanol–water partition coefficient (Wildman–Crippen LogP) is -0.826. The lowest BCUT2D eigenvalue weighted by Gasteiger charge is -2.16. The van der Waals surface area contributed by atoms with E-state index in [0.717, 1.165) is 4.90 Å². The lowest BCUT2D eigenvalue weighted by atomic mass is 10.2. The zero-order chi connectivity index (χ0) is 14.2. The number of nitrogens with zero attached hydrogens (tertiary/aromatic N) is 2. The minimum absolute atomic E-state index is 0.0637. The number of anilines is 1. The number of amides is 1. The Balaban J connectivity index is 2.39. The van der Waals surface area contributed by atoms with Gasteiger partial charge in [-0.2, -0.15) is 0 Å². The van der Waals surface area contributed by atoms with Gasteiger partial charge in [-0.15, -0.1) is 0 Å². The summed E-state index contributed by atoms with van der Waals surface area (Å²) in [4.78, 5) is 27.7. The van der Waals surface area contributed by atoms with Gasteiger partial charge in [-0.05, 0) is 12.1 Å². The van der Waals surface area contributed by atoms with Gasteiger partial charge in [0, 0.05) is 19.2 Å². The number of rotatable bonds is 3. The number of aromatic carboxylic acids is 1. The van der Waals surface area contributed by atoms with Crippen molar-refractivity contribution in [2.45, 2.75) is 11.7 Å². The second-order valence-corrected chi connectivity index (χ2v) is 5.94. The summed E-state index contributed by atoms with van der Waals surface area (Å²) >= 11 is 0. The topological polar surface area (TPSA) is 131 Å². The first-order valence-corrected chi connectivity index (χ1v) is 6.92. The van der Waals surface area contributed by atoms with E-state index < -0.39 is 27.1 Å². The maximum atomic E-state index is 11.8. The summed E-state index contributed by atoms with van der Waals surface area (Å²) in [6.45, 7) is -0.186. The third-order valence-corrected chi connectivity index (χ3v) is 4.07. The van der Waals surface area contributed by atoms with E-state index in [4.69, 9.17) is 10.2 Å². The van der Waals surface area contributed by atoms with Gasteiger partial charge in [-0.3, -0.25) is 9.69 Å². The van der Waals surface area contributed by atoms with Crippen molar-refractivity contribution < 1.29 is 23.1 Å². The molecule has 3 N–H and O–H groups in total. The first-order valence-electron chi connectivity index (χ1n) is 5.31.